The smallest absolute Gasteiger partial charge is 0.295 e. The van der Waals surface area contributed by atoms with Crippen molar-refractivity contribution in [2.24, 2.45) is 0 Å². The van der Waals surface area contributed by atoms with Crippen molar-refractivity contribution in [3.05, 3.63) is 89.0 Å². The molecule has 0 aliphatic carbocycles. The van der Waals surface area contributed by atoms with Crippen LogP contribution < -0.4 is 14.4 Å². The van der Waals surface area contributed by atoms with Gasteiger partial charge in [-0.3, -0.25) is 9.59 Å². The van der Waals surface area contributed by atoms with Gasteiger partial charge in [0.2, 0.25) is 0 Å². The third-order valence-electron chi connectivity index (χ3n) is 6.78. The highest BCUT2D eigenvalue weighted by Crippen LogP contribution is 2.42. The summed E-state index contributed by atoms with van der Waals surface area (Å²) in [7, 11) is 1.93. The van der Waals surface area contributed by atoms with E-state index in [9.17, 15) is 19.8 Å². The van der Waals surface area contributed by atoms with Crippen molar-refractivity contribution in [2.45, 2.75) is 39.0 Å². The highest BCUT2D eigenvalue weighted by atomic mass is 16.5. The fourth-order valence-electron chi connectivity index (χ4n) is 4.91. The van der Waals surface area contributed by atoms with E-state index in [4.69, 9.17) is 9.47 Å². The van der Waals surface area contributed by atoms with E-state index in [0.29, 0.717) is 35.8 Å². The Morgan fingerprint density at radius 2 is 1.72 bits per heavy atom. The number of ketones is 1. The third-order valence-corrected chi connectivity index (χ3v) is 6.78. The molecule has 1 atom stereocenters. The lowest BCUT2D eigenvalue weighted by atomic mass is 9.94. The molecule has 0 spiro atoms. The lowest BCUT2D eigenvalue weighted by Crippen LogP contribution is -2.29. The number of aromatic hydroxyl groups is 1. The molecule has 1 fully saturated rings. The Morgan fingerprint density at radius 3 is 2.38 bits per heavy atom. The Kier molecular flexibility index (Phi) is 6.72. The Bertz CT molecular complexity index is 1440. The van der Waals surface area contributed by atoms with Gasteiger partial charge in [0.1, 0.15) is 35.2 Å². The summed E-state index contributed by atoms with van der Waals surface area (Å²) in [6, 6.07) is 18.0. The topological polar surface area (TPSA) is 99.5 Å². The summed E-state index contributed by atoms with van der Waals surface area (Å²) in [6.45, 7) is 7.28. The Balaban J connectivity index is 1.55. The van der Waals surface area contributed by atoms with Crippen molar-refractivity contribution in [1.29, 1.82) is 0 Å². The van der Waals surface area contributed by atoms with Crippen LogP contribution in [-0.2, 0) is 16.1 Å². The van der Waals surface area contributed by atoms with Crippen LogP contribution >= 0.6 is 0 Å². The normalized spacial score (nSPS) is 18.6. The van der Waals surface area contributed by atoms with Crippen molar-refractivity contribution in [2.75, 3.05) is 25.1 Å². The number of nitrogens with zero attached hydrogens (tertiary/aromatic N) is 2. The number of likely N-dealkylation sites (tertiary alicyclic amines) is 1. The molecule has 39 heavy (non-hydrogen) atoms. The van der Waals surface area contributed by atoms with E-state index in [1.54, 1.807) is 30.3 Å². The van der Waals surface area contributed by atoms with Crippen LogP contribution in [0.4, 0.5) is 5.69 Å². The summed E-state index contributed by atoms with van der Waals surface area (Å²) in [4.78, 5) is 30.3. The standard InChI is InChI=1S/C31H32N2O6/c1-31(2,3)39-23-12-5-19(6-13-23)18-33-27(20-7-10-22(34)11-8-20)26(29(36)30(33)37)28(35)21-9-14-25-24(17-21)32(4)15-16-38-25/h5-14,17,27,34-35H,15-16,18H2,1-4H3/b28-26-. The second-order valence-electron chi connectivity index (χ2n) is 10.8. The zero-order chi connectivity index (χ0) is 27.9. The van der Waals surface area contributed by atoms with Crippen LogP contribution in [0.1, 0.15) is 43.5 Å². The van der Waals surface area contributed by atoms with Gasteiger partial charge in [-0.2, -0.15) is 0 Å². The Labute approximate surface area is 227 Å². The summed E-state index contributed by atoms with van der Waals surface area (Å²) < 4.78 is 11.6. The number of hydrogen-bond donors (Lipinski definition) is 2. The molecule has 2 aliphatic rings. The van der Waals surface area contributed by atoms with Gasteiger partial charge in [0.15, 0.2) is 0 Å². The minimum Gasteiger partial charge on any atom is -0.508 e. The Morgan fingerprint density at radius 1 is 1.03 bits per heavy atom. The first-order chi connectivity index (χ1) is 18.5. The molecule has 1 amide bonds. The van der Waals surface area contributed by atoms with Crippen molar-refractivity contribution < 1.29 is 29.3 Å². The van der Waals surface area contributed by atoms with Gasteiger partial charge in [-0.1, -0.05) is 24.3 Å². The van der Waals surface area contributed by atoms with E-state index in [2.05, 4.69) is 0 Å². The Hall–Kier alpha value is -4.46. The van der Waals surface area contributed by atoms with Crippen LogP contribution in [0.2, 0.25) is 0 Å². The average molecular weight is 529 g/mol. The average Bonchev–Trinajstić information content (AvgIpc) is 3.14. The van der Waals surface area contributed by atoms with Gasteiger partial charge in [-0.15, -0.1) is 0 Å². The molecule has 0 radical (unpaired) electrons. The van der Waals surface area contributed by atoms with Gasteiger partial charge >= 0.3 is 0 Å². The number of likely N-dealkylation sites (N-methyl/N-ethyl adjacent to an activating group) is 1. The molecule has 2 aliphatic heterocycles. The maximum absolute atomic E-state index is 13.4. The molecule has 8 heteroatoms. The van der Waals surface area contributed by atoms with Crippen LogP contribution in [0.5, 0.6) is 17.2 Å². The molecule has 3 aromatic carbocycles. The van der Waals surface area contributed by atoms with E-state index >= 15 is 0 Å². The van der Waals surface area contributed by atoms with Crippen molar-refractivity contribution in [3.8, 4) is 17.2 Å². The number of phenols is 1. The number of aliphatic hydroxyl groups is 1. The van der Waals surface area contributed by atoms with Crippen LogP contribution in [0.25, 0.3) is 5.76 Å². The molecule has 3 aromatic rings. The van der Waals surface area contributed by atoms with E-state index in [-0.39, 0.29) is 29.2 Å². The van der Waals surface area contributed by atoms with Gasteiger partial charge in [0.05, 0.1) is 23.8 Å². The van der Waals surface area contributed by atoms with E-state index in [1.165, 1.54) is 17.0 Å². The zero-order valence-corrected chi connectivity index (χ0v) is 22.5. The monoisotopic (exact) mass is 528 g/mol. The molecule has 0 saturated carbocycles. The molecule has 1 unspecified atom stereocenters. The van der Waals surface area contributed by atoms with Crippen molar-refractivity contribution in [3.63, 3.8) is 0 Å². The summed E-state index contributed by atoms with van der Waals surface area (Å²) >= 11 is 0. The molecule has 5 rings (SSSR count). The summed E-state index contributed by atoms with van der Waals surface area (Å²) in [5, 5.41) is 21.3. The summed E-state index contributed by atoms with van der Waals surface area (Å²) in [5.74, 6) is -0.282. The number of phenolic OH excluding ortho intramolecular Hbond substituents is 1. The molecular formula is C31H32N2O6. The lowest BCUT2D eigenvalue weighted by Gasteiger charge is -2.28. The first kappa shape index (κ1) is 26.2. The van der Waals surface area contributed by atoms with Gasteiger partial charge in [-0.05, 0) is 74.4 Å². The first-order valence-electron chi connectivity index (χ1n) is 12.9. The van der Waals surface area contributed by atoms with Crippen molar-refractivity contribution in [1.82, 2.24) is 4.90 Å². The molecule has 0 aromatic heterocycles. The predicted molar refractivity (Wildman–Crippen MR) is 148 cm³/mol. The second kappa shape index (κ2) is 10.0. The minimum absolute atomic E-state index is 0.00212. The zero-order valence-electron chi connectivity index (χ0n) is 22.5. The SMILES string of the molecule is CN1CCOc2ccc(/C(O)=C3/C(=O)C(=O)N(Cc4ccc(OC(C)(C)C)cc4)C3c3ccc(O)cc3)cc21. The van der Waals surface area contributed by atoms with Crippen LogP contribution in [0, 0.1) is 0 Å². The third kappa shape index (κ3) is 5.27. The fraction of sp³-hybridized carbons (Fsp3) is 0.290. The quantitative estimate of drug-likeness (QED) is 0.273. The highest BCUT2D eigenvalue weighted by Gasteiger charge is 2.46. The van der Waals surface area contributed by atoms with Gasteiger partial charge in [0, 0.05) is 19.2 Å². The minimum atomic E-state index is -0.846. The molecule has 0 bridgehead atoms. The number of carbonyl (C=O) groups excluding carboxylic acids is 2. The van der Waals surface area contributed by atoms with Crippen LogP contribution in [0.3, 0.4) is 0 Å². The number of Topliss-reactive ketones (excluding diaryl/α,β-unsaturated/α-hetero) is 1. The largest absolute Gasteiger partial charge is 0.508 e. The fourth-order valence-corrected chi connectivity index (χ4v) is 4.91. The number of benzene rings is 3. The molecule has 2 N–H and O–H groups in total. The van der Waals surface area contributed by atoms with Gasteiger partial charge in [0.25, 0.3) is 11.7 Å². The van der Waals surface area contributed by atoms with Crippen LogP contribution in [-0.4, -0.2) is 52.6 Å². The maximum atomic E-state index is 13.4. The second-order valence-corrected chi connectivity index (χ2v) is 10.8. The summed E-state index contributed by atoms with van der Waals surface area (Å²) in [6.07, 6.45) is 0. The molecule has 8 nitrogen and oxygen atoms in total. The number of carbonyl (C=O) groups is 2. The lowest BCUT2D eigenvalue weighted by molar-refractivity contribution is -0.140. The van der Waals surface area contributed by atoms with E-state index < -0.39 is 17.7 Å². The van der Waals surface area contributed by atoms with Crippen molar-refractivity contribution >= 4 is 23.1 Å². The molecule has 202 valence electrons. The number of anilines is 1. The van der Waals surface area contributed by atoms with Crippen LogP contribution in [0.15, 0.2) is 72.3 Å². The number of ether oxygens (including phenoxy) is 2. The molecule has 1 saturated heterocycles. The van der Waals surface area contributed by atoms with E-state index in [0.717, 1.165) is 11.3 Å². The number of amides is 1. The predicted octanol–water partition coefficient (Wildman–Crippen LogP) is 5.02. The molecular weight excluding hydrogens is 496 g/mol. The molecule has 2 heterocycles. The number of fused-ring (bicyclic) bond motifs is 1. The highest BCUT2D eigenvalue weighted by molar-refractivity contribution is 6.46. The van der Waals surface area contributed by atoms with Gasteiger partial charge in [-0.25, -0.2) is 0 Å². The first-order valence-corrected chi connectivity index (χ1v) is 12.9. The number of rotatable bonds is 5. The number of aliphatic hydroxyl groups excluding tert-OH is 1. The maximum Gasteiger partial charge on any atom is 0.295 e. The van der Waals surface area contributed by atoms with Gasteiger partial charge < -0.3 is 29.5 Å². The van der Waals surface area contributed by atoms with E-state index in [1.807, 2.05) is 57.0 Å². The summed E-state index contributed by atoms with van der Waals surface area (Å²) in [5.41, 5.74) is 2.25. The number of hydrogen-bond acceptors (Lipinski definition) is 7.